The second-order valence-corrected chi connectivity index (χ2v) is 4.73. The molecule has 1 fully saturated rings. The van der Waals surface area contributed by atoms with Crippen molar-refractivity contribution in [3.8, 4) is 0 Å². The van der Waals surface area contributed by atoms with Crippen LogP contribution in [-0.4, -0.2) is 0 Å². The van der Waals surface area contributed by atoms with Gasteiger partial charge in [-0.3, -0.25) is 0 Å². The topological polar surface area (TPSA) is 39.2 Å². The summed E-state index contributed by atoms with van der Waals surface area (Å²) < 4.78 is 5.61. The van der Waals surface area contributed by atoms with E-state index in [-0.39, 0.29) is 6.04 Å². The maximum absolute atomic E-state index is 6.26. The zero-order chi connectivity index (χ0) is 10.7. The first-order valence-electron chi connectivity index (χ1n) is 6.09. The predicted octanol–water partition coefficient (Wildman–Crippen LogP) is 3.56. The molecule has 1 aromatic heterocycles. The van der Waals surface area contributed by atoms with Gasteiger partial charge in [-0.15, -0.1) is 0 Å². The summed E-state index contributed by atoms with van der Waals surface area (Å²) in [7, 11) is 0. The largest absolute Gasteiger partial charge is 0.465 e. The first-order valence-corrected chi connectivity index (χ1v) is 6.09. The number of hydrogen-bond donors (Lipinski definition) is 1. The fraction of sp³-hybridized carbons (Fsp3) is 0.692. The zero-order valence-electron chi connectivity index (χ0n) is 9.54. The van der Waals surface area contributed by atoms with E-state index in [4.69, 9.17) is 10.2 Å². The van der Waals surface area contributed by atoms with Gasteiger partial charge in [0.1, 0.15) is 11.5 Å². The summed E-state index contributed by atoms with van der Waals surface area (Å²) in [6, 6.07) is 4.15. The first-order chi connectivity index (χ1) is 7.27. The van der Waals surface area contributed by atoms with Gasteiger partial charge in [0.25, 0.3) is 0 Å². The Morgan fingerprint density at radius 3 is 2.40 bits per heavy atom. The Morgan fingerprint density at radius 2 is 1.87 bits per heavy atom. The van der Waals surface area contributed by atoms with E-state index in [1.807, 2.05) is 19.1 Å². The highest BCUT2D eigenvalue weighted by Gasteiger charge is 2.22. The summed E-state index contributed by atoms with van der Waals surface area (Å²) in [5, 5.41) is 0. The minimum atomic E-state index is 0.108. The van der Waals surface area contributed by atoms with Crippen LogP contribution in [0, 0.1) is 12.8 Å². The quantitative estimate of drug-likeness (QED) is 0.753. The van der Waals surface area contributed by atoms with Crippen LogP contribution < -0.4 is 5.73 Å². The van der Waals surface area contributed by atoms with Crippen LogP contribution in [0.25, 0.3) is 0 Å². The van der Waals surface area contributed by atoms with Crippen LogP contribution in [0.2, 0.25) is 0 Å². The smallest absolute Gasteiger partial charge is 0.121 e. The molecule has 1 saturated carbocycles. The minimum Gasteiger partial charge on any atom is -0.465 e. The van der Waals surface area contributed by atoms with E-state index < -0.39 is 0 Å². The van der Waals surface area contributed by atoms with Gasteiger partial charge in [-0.1, -0.05) is 25.7 Å². The third-order valence-electron chi connectivity index (χ3n) is 3.50. The molecule has 2 rings (SSSR count). The Labute approximate surface area is 91.8 Å². The third kappa shape index (κ3) is 2.63. The van der Waals surface area contributed by atoms with Crippen molar-refractivity contribution in [1.29, 1.82) is 0 Å². The van der Waals surface area contributed by atoms with E-state index in [2.05, 4.69) is 0 Å². The highest BCUT2D eigenvalue weighted by Crippen LogP contribution is 2.32. The SMILES string of the molecule is Cc1ccc(C(N)C2CCCCCC2)o1. The molecule has 0 bridgehead atoms. The van der Waals surface area contributed by atoms with E-state index in [1.54, 1.807) is 0 Å². The van der Waals surface area contributed by atoms with Crippen LogP contribution in [0.15, 0.2) is 16.5 Å². The molecule has 84 valence electrons. The molecule has 15 heavy (non-hydrogen) atoms. The lowest BCUT2D eigenvalue weighted by Gasteiger charge is -2.20. The molecule has 1 aliphatic rings. The molecule has 1 unspecified atom stereocenters. The molecule has 1 aromatic rings. The van der Waals surface area contributed by atoms with E-state index in [1.165, 1.54) is 38.5 Å². The van der Waals surface area contributed by atoms with Crippen molar-refractivity contribution in [1.82, 2.24) is 0 Å². The summed E-state index contributed by atoms with van der Waals surface area (Å²) in [5.74, 6) is 2.56. The van der Waals surface area contributed by atoms with Crippen molar-refractivity contribution in [3.05, 3.63) is 23.7 Å². The molecule has 0 aliphatic heterocycles. The molecule has 1 aliphatic carbocycles. The molecule has 0 radical (unpaired) electrons. The van der Waals surface area contributed by atoms with Crippen molar-refractivity contribution >= 4 is 0 Å². The third-order valence-corrected chi connectivity index (χ3v) is 3.50. The molecule has 1 heterocycles. The molecule has 0 aromatic carbocycles. The van der Waals surface area contributed by atoms with Crippen molar-refractivity contribution in [2.45, 2.75) is 51.5 Å². The van der Waals surface area contributed by atoms with Crippen molar-refractivity contribution < 1.29 is 4.42 Å². The second-order valence-electron chi connectivity index (χ2n) is 4.73. The highest BCUT2D eigenvalue weighted by atomic mass is 16.3. The maximum atomic E-state index is 6.26. The van der Waals surface area contributed by atoms with Gasteiger partial charge in [-0.05, 0) is 37.8 Å². The van der Waals surface area contributed by atoms with Gasteiger partial charge >= 0.3 is 0 Å². The standard InChI is InChI=1S/C13H21NO/c1-10-8-9-12(15-10)13(14)11-6-4-2-3-5-7-11/h8-9,11,13H,2-7,14H2,1H3. The number of furan rings is 1. The number of rotatable bonds is 2. The van der Waals surface area contributed by atoms with Gasteiger partial charge in [-0.25, -0.2) is 0 Å². The molecule has 2 heteroatoms. The average molecular weight is 207 g/mol. The van der Waals surface area contributed by atoms with Crippen LogP contribution in [0.5, 0.6) is 0 Å². The van der Waals surface area contributed by atoms with Crippen LogP contribution in [0.1, 0.15) is 56.1 Å². The van der Waals surface area contributed by atoms with Gasteiger partial charge in [0.05, 0.1) is 6.04 Å². The van der Waals surface area contributed by atoms with Crippen molar-refractivity contribution in [3.63, 3.8) is 0 Å². The fourth-order valence-corrected chi connectivity index (χ4v) is 2.53. The molecular formula is C13H21NO. The normalized spacial score (nSPS) is 21.2. The Hall–Kier alpha value is -0.760. The molecule has 0 spiro atoms. The van der Waals surface area contributed by atoms with Crippen LogP contribution >= 0.6 is 0 Å². The van der Waals surface area contributed by atoms with Crippen LogP contribution in [0.4, 0.5) is 0 Å². The Morgan fingerprint density at radius 1 is 1.20 bits per heavy atom. The first kappa shape index (κ1) is 10.7. The molecule has 1 atom stereocenters. The van der Waals surface area contributed by atoms with Gasteiger partial charge < -0.3 is 10.2 Å². The lowest BCUT2D eigenvalue weighted by Crippen LogP contribution is -2.20. The van der Waals surface area contributed by atoms with Gasteiger partial charge in [-0.2, -0.15) is 0 Å². The van der Waals surface area contributed by atoms with Gasteiger partial charge in [0.15, 0.2) is 0 Å². The summed E-state index contributed by atoms with van der Waals surface area (Å²) in [5.41, 5.74) is 6.26. The summed E-state index contributed by atoms with van der Waals surface area (Å²) in [6.45, 7) is 1.98. The summed E-state index contributed by atoms with van der Waals surface area (Å²) in [6.07, 6.45) is 7.94. The highest BCUT2D eigenvalue weighted by molar-refractivity contribution is 5.10. The Bertz CT molecular complexity index is 297. The van der Waals surface area contributed by atoms with Gasteiger partial charge in [0.2, 0.25) is 0 Å². The monoisotopic (exact) mass is 207 g/mol. The predicted molar refractivity (Wildman–Crippen MR) is 61.6 cm³/mol. The summed E-state index contributed by atoms with van der Waals surface area (Å²) >= 11 is 0. The average Bonchev–Trinajstić information content (AvgIpc) is 2.53. The summed E-state index contributed by atoms with van der Waals surface area (Å²) in [4.78, 5) is 0. The van der Waals surface area contributed by atoms with E-state index in [0.29, 0.717) is 5.92 Å². The number of nitrogens with two attached hydrogens (primary N) is 1. The molecule has 2 N–H and O–H groups in total. The van der Waals surface area contributed by atoms with Crippen molar-refractivity contribution in [2.75, 3.05) is 0 Å². The van der Waals surface area contributed by atoms with E-state index >= 15 is 0 Å². The molecular weight excluding hydrogens is 186 g/mol. The lowest BCUT2D eigenvalue weighted by atomic mass is 9.91. The lowest BCUT2D eigenvalue weighted by molar-refractivity contribution is 0.328. The maximum Gasteiger partial charge on any atom is 0.121 e. The number of aryl methyl sites for hydroxylation is 1. The second kappa shape index (κ2) is 4.84. The zero-order valence-corrected chi connectivity index (χ0v) is 9.54. The Balaban J connectivity index is 2.02. The molecule has 2 nitrogen and oxygen atoms in total. The Kier molecular flexibility index (Phi) is 3.47. The molecule has 0 amide bonds. The number of hydrogen-bond acceptors (Lipinski definition) is 2. The minimum absolute atomic E-state index is 0.108. The molecule has 0 saturated heterocycles. The van der Waals surface area contributed by atoms with Gasteiger partial charge in [0, 0.05) is 0 Å². The fourth-order valence-electron chi connectivity index (χ4n) is 2.53. The van der Waals surface area contributed by atoms with E-state index in [0.717, 1.165) is 11.5 Å². The van der Waals surface area contributed by atoms with Crippen LogP contribution in [-0.2, 0) is 0 Å². The van der Waals surface area contributed by atoms with E-state index in [9.17, 15) is 0 Å². The van der Waals surface area contributed by atoms with Crippen LogP contribution in [0.3, 0.4) is 0 Å². The van der Waals surface area contributed by atoms with Crippen molar-refractivity contribution in [2.24, 2.45) is 11.7 Å².